The summed E-state index contributed by atoms with van der Waals surface area (Å²) in [6.07, 6.45) is -0.747. The predicted octanol–water partition coefficient (Wildman–Crippen LogP) is -0.283. The van der Waals surface area contributed by atoms with Crippen LogP contribution in [0.3, 0.4) is 0 Å². The second-order valence-corrected chi connectivity index (χ2v) is 5.13. The first kappa shape index (κ1) is 17.1. The molecular weight excluding hydrogens is 320 g/mol. The van der Waals surface area contributed by atoms with Crippen LogP contribution in [-0.2, 0) is 14.4 Å². The standard InChI is InChI=1S/C15H14N2O7/c18-11(16-10(15(23)24)5-6-12(19)20)7-17-13(21)8-3-1-2-4-9(8)14(17)22/h1-4,10H,5-7H2,(H,16,18)(H,19,20)(H,23,24)/t10-/m0/s1. The summed E-state index contributed by atoms with van der Waals surface area (Å²) in [5.41, 5.74) is 0.354. The van der Waals surface area contributed by atoms with Crippen molar-refractivity contribution in [2.75, 3.05) is 6.54 Å². The van der Waals surface area contributed by atoms with E-state index in [1.807, 2.05) is 0 Å². The molecule has 9 nitrogen and oxygen atoms in total. The molecule has 1 aliphatic rings. The fourth-order valence-corrected chi connectivity index (χ4v) is 2.29. The van der Waals surface area contributed by atoms with Gasteiger partial charge >= 0.3 is 11.9 Å². The zero-order valence-electron chi connectivity index (χ0n) is 12.4. The number of imide groups is 1. The van der Waals surface area contributed by atoms with E-state index in [-0.39, 0.29) is 17.5 Å². The van der Waals surface area contributed by atoms with E-state index in [1.54, 1.807) is 12.1 Å². The Morgan fingerprint density at radius 3 is 2.04 bits per heavy atom. The Morgan fingerprint density at radius 2 is 1.58 bits per heavy atom. The average Bonchev–Trinajstić information content (AvgIpc) is 2.76. The van der Waals surface area contributed by atoms with Crippen molar-refractivity contribution in [2.45, 2.75) is 18.9 Å². The van der Waals surface area contributed by atoms with Crippen molar-refractivity contribution in [1.82, 2.24) is 10.2 Å². The number of fused-ring (bicyclic) bond motifs is 1. The van der Waals surface area contributed by atoms with Gasteiger partial charge in [-0.3, -0.25) is 24.1 Å². The van der Waals surface area contributed by atoms with Crippen LogP contribution >= 0.6 is 0 Å². The molecule has 1 aromatic rings. The maximum absolute atomic E-state index is 12.1. The highest BCUT2D eigenvalue weighted by Gasteiger charge is 2.36. The second-order valence-electron chi connectivity index (χ2n) is 5.13. The van der Waals surface area contributed by atoms with Gasteiger partial charge in [0.15, 0.2) is 0 Å². The number of amides is 3. The maximum atomic E-state index is 12.1. The third-order valence-electron chi connectivity index (χ3n) is 3.46. The van der Waals surface area contributed by atoms with Crippen LogP contribution in [0, 0.1) is 0 Å². The van der Waals surface area contributed by atoms with E-state index in [1.165, 1.54) is 12.1 Å². The van der Waals surface area contributed by atoms with E-state index >= 15 is 0 Å². The molecule has 0 aliphatic carbocycles. The number of aliphatic carboxylic acids is 2. The third-order valence-corrected chi connectivity index (χ3v) is 3.46. The summed E-state index contributed by atoms with van der Waals surface area (Å²) in [7, 11) is 0. The van der Waals surface area contributed by atoms with Crippen LogP contribution < -0.4 is 5.32 Å². The van der Waals surface area contributed by atoms with Gasteiger partial charge in [0.05, 0.1) is 11.1 Å². The van der Waals surface area contributed by atoms with Crippen molar-refractivity contribution in [3.63, 3.8) is 0 Å². The first-order valence-corrected chi connectivity index (χ1v) is 7.00. The summed E-state index contributed by atoms with van der Waals surface area (Å²) in [5, 5.41) is 19.7. The minimum atomic E-state index is -1.41. The lowest BCUT2D eigenvalue weighted by atomic mass is 10.1. The van der Waals surface area contributed by atoms with Crippen molar-refractivity contribution in [3.05, 3.63) is 35.4 Å². The Labute approximate surface area is 135 Å². The molecule has 1 aliphatic heterocycles. The zero-order valence-corrected chi connectivity index (χ0v) is 12.4. The highest BCUT2D eigenvalue weighted by molar-refractivity contribution is 6.22. The first-order chi connectivity index (χ1) is 11.3. The van der Waals surface area contributed by atoms with E-state index in [0.717, 1.165) is 4.90 Å². The monoisotopic (exact) mass is 334 g/mol. The largest absolute Gasteiger partial charge is 0.481 e. The average molecular weight is 334 g/mol. The normalized spacial score (nSPS) is 14.2. The fourth-order valence-electron chi connectivity index (χ4n) is 2.29. The Balaban J connectivity index is 2.02. The van der Waals surface area contributed by atoms with Gasteiger partial charge in [-0.1, -0.05) is 12.1 Å². The Morgan fingerprint density at radius 1 is 1.04 bits per heavy atom. The minimum Gasteiger partial charge on any atom is -0.481 e. The number of nitrogens with one attached hydrogen (secondary N) is 1. The molecular formula is C15H14N2O7. The molecule has 1 aromatic carbocycles. The van der Waals surface area contributed by atoms with Crippen LogP contribution in [0.2, 0.25) is 0 Å². The van der Waals surface area contributed by atoms with Crippen LogP contribution in [0.4, 0.5) is 0 Å². The number of carbonyl (C=O) groups is 5. The molecule has 126 valence electrons. The highest BCUT2D eigenvalue weighted by atomic mass is 16.4. The van der Waals surface area contributed by atoms with Gasteiger partial charge in [-0.05, 0) is 18.6 Å². The van der Waals surface area contributed by atoms with Crippen molar-refractivity contribution in [2.24, 2.45) is 0 Å². The summed E-state index contributed by atoms with van der Waals surface area (Å²) in [4.78, 5) is 58.4. The summed E-state index contributed by atoms with van der Waals surface area (Å²) < 4.78 is 0. The van der Waals surface area contributed by atoms with Gasteiger partial charge in [-0.25, -0.2) is 4.79 Å². The van der Waals surface area contributed by atoms with Gasteiger partial charge in [0.25, 0.3) is 11.8 Å². The molecule has 1 atom stereocenters. The van der Waals surface area contributed by atoms with E-state index in [4.69, 9.17) is 10.2 Å². The lowest BCUT2D eigenvalue weighted by Crippen LogP contribution is -2.47. The van der Waals surface area contributed by atoms with Crippen molar-refractivity contribution in [3.8, 4) is 0 Å². The lowest BCUT2D eigenvalue weighted by Gasteiger charge is -2.17. The number of hydrogen-bond acceptors (Lipinski definition) is 5. The molecule has 0 unspecified atom stereocenters. The van der Waals surface area contributed by atoms with Gasteiger partial charge in [0.2, 0.25) is 5.91 Å². The minimum absolute atomic E-state index is 0.177. The topological polar surface area (TPSA) is 141 Å². The van der Waals surface area contributed by atoms with Crippen molar-refractivity contribution < 1.29 is 34.2 Å². The van der Waals surface area contributed by atoms with Crippen LogP contribution in [0.5, 0.6) is 0 Å². The molecule has 0 fully saturated rings. The maximum Gasteiger partial charge on any atom is 0.326 e. The van der Waals surface area contributed by atoms with Gasteiger partial charge < -0.3 is 15.5 Å². The number of carboxylic acid groups (broad SMARTS) is 2. The van der Waals surface area contributed by atoms with Gasteiger partial charge in [0.1, 0.15) is 12.6 Å². The van der Waals surface area contributed by atoms with Crippen LogP contribution in [-0.4, -0.2) is 57.4 Å². The molecule has 0 saturated heterocycles. The number of hydrogen-bond donors (Lipinski definition) is 3. The summed E-state index contributed by atoms with van der Waals surface area (Å²) in [5.74, 6) is -4.73. The van der Waals surface area contributed by atoms with Gasteiger partial charge in [-0.15, -0.1) is 0 Å². The van der Waals surface area contributed by atoms with E-state index in [9.17, 15) is 24.0 Å². The van der Waals surface area contributed by atoms with Crippen molar-refractivity contribution >= 4 is 29.7 Å². The van der Waals surface area contributed by atoms with Gasteiger partial charge in [0, 0.05) is 6.42 Å². The molecule has 3 N–H and O–H groups in total. The fraction of sp³-hybridized carbons (Fsp3) is 0.267. The number of nitrogens with zero attached hydrogens (tertiary/aromatic N) is 1. The molecule has 3 amide bonds. The summed E-state index contributed by atoms with van der Waals surface area (Å²) >= 11 is 0. The quantitative estimate of drug-likeness (QED) is 0.582. The van der Waals surface area contributed by atoms with Crippen LogP contribution in [0.15, 0.2) is 24.3 Å². The Hall–Kier alpha value is -3.23. The third kappa shape index (κ3) is 3.57. The lowest BCUT2D eigenvalue weighted by molar-refractivity contribution is -0.143. The molecule has 0 radical (unpaired) electrons. The number of carboxylic acids is 2. The van der Waals surface area contributed by atoms with Crippen molar-refractivity contribution in [1.29, 1.82) is 0 Å². The number of rotatable bonds is 7. The van der Waals surface area contributed by atoms with E-state index in [0.29, 0.717) is 0 Å². The molecule has 0 aromatic heterocycles. The van der Waals surface area contributed by atoms with E-state index < -0.39 is 48.7 Å². The molecule has 9 heteroatoms. The van der Waals surface area contributed by atoms with E-state index in [2.05, 4.69) is 5.32 Å². The van der Waals surface area contributed by atoms with Crippen LogP contribution in [0.1, 0.15) is 33.6 Å². The molecule has 0 spiro atoms. The SMILES string of the molecule is O=C(O)CC[C@H](NC(=O)CN1C(=O)c2ccccc2C1=O)C(=O)O. The number of benzene rings is 1. The molecule has 24 heavy (non-hydrogen) atoms. The predicted molar refractivity (Wildman–Crippen MR) is 78.2 cm³/mol. The second kappa shape index (κ2) is 6.90. The summed E-state index contributed by atoms with van der Waals surface area (Å²) in [6.45, 7) is -0.636. The molecule has 0 bridgehead atoms. The Bertz CT molecular complexity index is 693. The smallest absolute Gasteiger partial charge is 0.326 e. The molecule has 0 saturated carbocycles. The van der Waals surface area contributed by atoms with Gasteiger partial charge in [-0.2, -0.15) is 0 Å². The van der Waals surface area contributed by atoms with Crippen LogP contribution in [0.25, 0.3) is 0 Å². The number of carbonyl (C=O) groups excluding carboxylic acids is 3. The zero-order chi connectivity index (χ0) is 17.9. The molecule has 2 rings (SSSR count). The highest BCUT2D eigenvalue weighted by Crippen LogP contribution is 2.21. The molecule has 1 heterocycles. The Kier molecular flexibility index (Phi) is 4.93. The summed E-state index contributed by atoms with van der Waals surface area (Å²) in [6, 6.07) is 4.67. The first-order valence-electron chi connectivity index (χ1n) is 7.00.